The molecule has 0 unspecified atom stereocenters. The van der Waals surface area contributed by atoms with Crippen LogP contribution >= 0.6 is 0 Å². The van der Waals surface area contributed by atoms with Crippen molar-refractivity contribution in [1.29, 1.82) is 0 Å². The Morgan fingerprint density at radius 1 is 0.317 bits per heavy atom. The number of nitrogens with zero attached hydrogens (tertiary/aromatic N) is 2. The lowest BCUT2D eigenvalue weighted by Crippen LogP contribution is -2.30. The third-order valence-corrected chi connectivity index (χ3v) is 13.1. The third-order valence-electron chi connectivity index (χ3n) is 13.1. The Labute approximate surface area is 363 Å². The zero-order valence-corrected chi connectivity index (χ0v) is 37.3. The highest BCUT2D eigenvalue weighted by Gasteiger charge is 2.36. The van der Waals surface area contributed by atoms with Crippen molar-refractivity contribution in [2.75, 3.05) is 9.80 Å². The minimum atomic E-state index is -0.00528. The van der Waals surface area contributed by atoms with Crippen LogP contribution in [0, 0.1) is 0 Å². The third kappa shape index (κ3) is 10.4. The van der Waals surface area contributed by atoms with E-state index in [0.29, 0.717) is 0 Å². The standard InChI is InChI=1S/C58H70N2/c1-5-9-16-46-20-32-52(33-21-46)59(53-34-22-47(23-35-53)17-10-6-2)56-40-28-50(29-41-56)58(44-14-13-15-45-58)51-30-42-57(43-31-51)60(54-36-24-48(25-37-54)18-11-7-3)55-38-26-49(27-39-55)19-12-8-4/h20-43H,5-19,44-45H2,1-4H3. The van der Waals surface area contributed by atoms with E-state index in [4.69, 9.17) is 0 Å². The highest BCUT2D eigenvalue weighted by Crippen LogP contribution is 2.47. The maximum Gasteiger partial charge on any atom is 0.0461 e. The molecular weight excluding hydrogens is 725 g/mol. The van der Waals surface area contributed by atoms with E-state index in [1.165, 1.54) is 151 Å². The fourth-order valence-corrected chi connectivity index (χ4v) is 9.42. The minimum Gasteiger partial charge on any atom is -0.311 e. The van der Waals surface area contributed by atoms with Crippen LogP contribution in [0.2, 0.25) is 0 Å². The average Bonchev–Trinajstić information content (AvgIpc) is 3.31. The summed E-state index contributed by atoms with van der Waals surface area (Å²) in [6.07, 6.45) is 20.5. The van der Waals surface area contributed by atoms with Crippen LogP contribution < -0.4 is 9.80 Å². The molecular formula is C58H70N2. The van der Waals surface area contributed by atoms with Crippen molar-refractivity contribution in [2.24, 2.45) is 0 Å². The predicted molar refractivity (Wildman–Crippen MR) is 261 cm³/mol. The number of hydrogen-bond acceptors (Lipinski definition) is 2. The molecule has 0 amide bonds. The molecule has 312 valence electrons. The van der Waals surface area contributed by atoms with E-state index in [2.05, 4.69) is 183 Å². The molecule has 6 aromatic rings. The van der Waals surface area contributed by atoms with Gasteiger partial charge in [-0.05, 0) is 170 Å². The molecule has 0 saturated heterocycles. The van der Waals surface area contributed by atoms with Gasteiger partial charge < -0.3 is 9.80 Å². The smallest absolute Gasteiger partial charge is 0.0461 e. The first-order chi connectivity index (χ1) is 29.5. The normalized spacial score (nSPS) is 13.6. The first kappa shape index (κ1) is 43.0. The fraction of sp³-hybridized carbons (Fsp3) is 0.379. The molecule has 0 atom stereocenters. The van der Waals surface area contributed by atoms with Crippen LogP contribution in [-0.4, -0.2) is 0 Å². The van der Waals surface area contributed by atoms with Crippen molar-refractivity contribution in [1.82, 2.24) is 0 Å². The summed E-state index contributed by atoms with van der Waals surface area (Å²) < 4.78 is 0. The molecule has 0 heterocycles. The Balaban J connectivity index is 1.21. The van der Waals surface area contributed by atoms with Crippen molar-refractivity contribution in [3.05, 3.63) is 179 Å². The summed E-state index contributed by atoms with van der Waals surface area (Å²) in [6, 6.07) is 56.5. The summed E-state index contributed by atoms with van der Waals surface area (Å²) in [6.45, 7) is 9.09. The zero-order valence-electron chi connectivity index (χ0n) is 37.3. The molecule has 1 saturated carbocycles. The van der Waals surface area contributed by atoms with E-state index in [0.717, 1.165) is 25.7 Å². The monoisotopic (exact) mass is 795 g/mol. The van der Waals surface area contributed by atoms with Gasteiger partial charge in [-0.3, -0.25) is 0 Å². The molecule has 0 radical (unpaired) electrons. The van der Waals surface area contributed by atoms with Crippen molar-refractivity contribution in [3.63, 3.8) is 0 Å². The minimum absolute atomic E-state index is 0.00528. The van der Waals surface area contributed by atoms with Crippen molar-refractivity contribution in [3.8, 4) is 0 Å². The number of hydrogen-bond donors (Lipinski definition) is 0. The van der Waals surface area contributed by atoms with Gasteiger partial charge in [0.1, 0.15) is 0 Å². The number of anilines is 6. The Morgan fingerprint density at radius 2 is 0.550 bits per heavy atom. The van der Waals surface area contributed by atoms with Gasteiger partial charge in [0.2, 0.25) is 0 Å². The maximum absolute atomic E-state index is 2.45. The van der Waals surface area contributed by atoms with Gasteiger partial charge in [0.15, 0.2) is 0 Å². The van der Waals surface area contributed by atoms with E-state index in [-0.39, 0.29) is 5.41 Å². The second-order valence-corrected chi connectivity index (χ2v) is 17.5. The fourth-order valence-electron chi connectivity index (χ4n) is 9.42. The number of benzene rings is 6. The van der Waals surface area contributed by atoms with Gasteiger partial charge in [0, 0.05) is 39.5 Å². The SMILES string of the molecule is CCCCc1ccc(N(c2ccc(CCCC)cc2)c2ccc(C3(c4ccc(N(c5ccc(CCCC)cc5)c5ccc(CCCC)cc5)cc4)CCCCC3)cc2)cc1. The van der Waals surface area contributed by atoms with Crippen molar-refractivity contribution >= 4 is 34.1 Å². The van der Waals surface area contributed by atoms with E-state index < -0.39 is 0 Å². The molecule has 7 rings (SSSR count). The molecule has 1 aliphatic carbocycles. The molecule has 1 aliphatic rings. The lowest BCUT2D eigenvalue weighted by atomic mass is 9.65. The second kappa shape index (κ2) is 21.4. The van der Waals surface area contributed by atoms with Gasteiger partial charge in [0.05, 0.1) is 0 Å². The Morgan fingerprint density at radius 3 is 0.783 bits per heavy atom. The molecule has 60 heavy (non-hydrogen) atoms. The van der Waals surface area contributed by atoms with Crippen LogP contribution in [0.15, 0.2) is 146 Å². The molecule has 0 aromatic heterocycles. The summed E-state index contributed by atoms with van der Waals surface area (Å²) in [4.78, 5) is 4.89. The van der Waals surface area contributed by atoms with Crippen LogP contribution in [0.3, 0.4) is 0 Å². The van der Waals surface area contributed by atoms with Gasteiger partial charge in [0.25, 0.3) is 0 Å². The molecule has 0 aliphatic heterocycles. The number of unbranched alkanes of at least 4 members (excludes halogenated alkanes) is 4. The van der Waals surface area contributed by atoms with E-state index in [9.17, 15) is 0 Å². The van der Waals surface area contributed by atoms with Gasteiger partial charge in [-0.1, -0.05) is 145 Å². The Kier molecular flexibility index (Phi) is 15.4. The summed E-state index contributed by atoms with van der Waals surface area (Å²) in [5.74, 6) is 0. The van der Waals surface area contributed by atoms with E-state index in [1.54, 1.807) is 0 Å². The summed E-state index contributed by atoms with van der Waals surface area (Å²) in [7, 11) is 0. The average molecular weight is 795 g/mol. The quantitative estimate of drug-likeness (QED) is 0.0759. The highest BCUT2D eigenvalue weighted by molar-refractivity contribution is 5.78. The first-order valence-electron chi connectivity index (χ1n) is 23.7. The Hall–Kier alpha value is -5.08. The van der Waals surface area contributed by atoms with Gasteiger partial charge in [-0.25, -0.2) is 0 Å². The van der Waals surface area contributed by atoms with Crippen LogP contribution in [0.4, 0.5) is 34.1 Å². The number of rotatable bonds is 20. The van der Waals surface area contributed by atoms with E-state index >= 15 is 0 Å². The maximum atomic E-state index is 2.45. The number of aryl methyl sites for hydroxylation is 4. The van der Waals surface area contributed by atoms with Crippen LogP contribution in [0.1, 0.15) is 145 Å². The molecule has 0 bridgehead atoms. The summed E-state index contributed by atoms with van der Waals surface area (Å²) in [5.41, 5.74) is 15.8. The zero-order chi connectivity index (χ0) is 41.6. The molecule has 0 spiro atoms. The van der Waals surface area contributed by atoms with Crippen molar-refractivity contribution < 1.29 is 0 Å². The largest absolute Gasteiger partial charge is 0.311 e. The molecule has 0 N–H and O–H groups in total. The van der Waals surface area contributed by atoms with Gasteiger partial charge in [-0.2, -0.15) is 0 Å². The van der Waals surface area contributed by atoms with E-state index in [1.807, 2.05) is 0 Å². The molecule has 2 nitrogen and oxygen atoms in total. The topological polar surface area (TPSA) is 6.48 Å². The highest BCUT2D eigenvalue weighted by atomic mass is 15.1. The van der Waals surface area contributed by atoms with Gasteiger partial charge in [-0.15, -0.1) is 0 Å². The van der Waals surface area contributed by atoms with Crippen LogP contribution in [-0.2, 0) is 31.1 Å². The second-order valence-electron chi connectivity index (χ2n) is 17.5. The lowest BCUT2D eigenvalue weighted by Gasteiger charge is -2.39. The predicted octanol–water partition coefficient (Wildman–Crippen LogP) is 17.2. The summed E-state index contributed by atoms with van der Waals surface area (Å²) in [5, 5.41) is 0. The first-order valence-corrected chi connectivity index (χ1v) is 23.7. The molecule has 1 fully saturated rings. The lowest BCUT2D eigenvalue weighted by molar-refractivity contribution is 0.346. The van der Waals surface area contributed by atoms with Gasteiger partial charge >= 0.3 is 0 Å². The summed E-state index contributed by atoms with van der Waals surface area (Å²) >= 11 is 0. The Bertz CT molecular complexity index is 1880. The van der Waals surface area contributed by atoms with Crippen molar-refractivity contribution in [2.45, 2.75) is 142 Å². The van der Waals surface area contributed by atoms with Crippen LogP contribution in [0.5, 0.6) is 0 Å². The van der Waals surface area contributed by atoms with Crippen LogP contribution in [0.25, 0.3) is 0 Å². The molecule has 2 heteroatoms. The molecule has 6 aromatic carbocycles.